The molecule has 76 valence electrons. The van der Waals surface area contributed by atoms with Crippen molar-refractivity contribution in [2.45, 2.75) is 0 Å². The Balaban J connectivity index is 2.81. The van der Waals surface area contributed by atoms with E-state index in [9.17, 15) is 9.59 Å². The van der Waals surface area contributed by atoms with Gasteiger partial charge in [-0.3, -0.25) is 4.57 Å². The highest BCUT2D eigenvalue weighted by Crippen LogP contribution is 2.08. The number of aryl methyl sites for hydroxylation is 1. The van der Waals surface area contributed by atoms with Gasteiger partial charge in [-0.2, -0.15) is 4.98 Å². The second kappa shape index (κ2) is 3.16. The molecule has 1 N–H and O–H groups in total. The third-order valence-corrected chi connectivity index (χ3v) is 2.07. The van der Waals surface area contributed by atoms with E-state index in [0.29, 0.717) is 11.0 Å². The first kappa shape index (κ1) is 9.32. The van der Waals surface area contributed by atoms with Crippen molar-refractivity contribution in [3.8, 4) is 0 Å². The number of hydrogen-bond donors (Lipinski definition) is 1. The van der Waals surface area contributed by atoms with Gasteiger partial charge in [0, 0.05) is 7.05 Å². The number of carboxylic acid groups (broad SMARTS) is 1. The predicted octanol–water partition coefficient (Wildman–Crippen LogP) is 0.0267. The lowest BCUT2D eigenvalue weighted by molar-refractivity contribution is 0.0691. The van der Waals surface area contributed by atoms with Crippen LogP contribution in [0.2, 0.25) is 0 Å². The van der Waals surface area contributed by atoms with Crippen molar-refractivity contribution in [1.82, 2.24) is 14.5 Å². The topological polar surface area (TPSA) is 85.1 Å². The van der Waals surface area contributed by atoms with Crippen LogP contribution in [-0.4, -0.2) is 25.6 Å². The SMILES string of the molecule is Cn1c(=O)ncc2nc(C(=O)O)ccc21. The average molecular weight is 205 g/mol. The summed E-state index contributed by atoms with van der Waals surface area (Å²) in [4.78, 5) is 29.2. The van der Waals surface area contributed by atoms with E-state index in [1.807, 2.05) is 0 Å². The third-order valence-electron chi connectivity index (χ3n) is 2.07. The second-order valence-corrected chi connectivity index (χ2v) is 3.01. The fraction of sp³-hybridized carbons (Fsp3) is 0.111. The molecule has 6 heteroatoms. The van der Waals surface area contributed by atoms with Gasteiger partial charge in [0.15, 0.2) is 0 Å². The van der Waals surface area contributed by atoms with Gasteiger partial charge in [0.25, 0.3) is 0 Å². The number of aromatic carboxylic acids is 1. The molecular weight excluding hydrogens is 198 g/mol. The summed E-state index contributed by atoms with van der Waals surface area (Å²) in [6.07, 6.45) is 1.27. The zero-order valence-electron chi connectivity index (χ0n) is 7.84. The maximum absolute atomic E-state index is 11.2. The molecule has 0 amide bonds. The van der Waals surface area contributed by atoms with Crippen LogP contribution < -0.4 is 5.69 Å². The Hall–Kier alpha value is -2.24. The summed E-state index contributed by atoms with van der Waals surface area (Å²) in [5.74, 6) is -1.11. The van der Waals surface area contributed by atoms with E-state index in [2.05, 4.69) is 9.97 Å². The second-order valence-electron chi connectivity index (χ2n) is 3.01. The van der Waals surface area contributed by atoms with Crippen molar-refractivity contribution in [2.24, 2.45) is 7.05 Å². The first-order chi connectivity index (χ1) is 7.09. The lowest BCUT2D eigenvalue weighted by Gasteiger charge is -2.02. The maximum Gasteiger partial charge on any atom is 0.354 e. The van der Waals surface area contributed by atoms with E-state index in [1.54, 1.807) is 7.05 Å². The largest absolute Gasteiger partial charge is 0.477 e. The lowest BCUT2D eigenvalue weighted by Crippen LogP contribution is -2.20. The van der Waals surface area contributed by atoms with Gasteiger partial charge in [-0.15, -0.1) is 0 Å². The highest BCUT2D eigenvalue weighted by molar-refractivity contribution is 5.88. The summed E-state index contributed by atoms with van der Waals surface area (Å²) >= 11 is 0. The molecule has 0 atom stereocenters. The number of carboxylic acids is 1. The zero-order chi connectivity index (χ0) is 11.0. The number of aromatic nitrogens is 3. The van der Waals surface area contributed by atoms with Gasteiger partial charge in [-0.05, 0) is 12.1 Å². The fourth-order valence-corrected chi connectivity index (χ4v) is 1.27. The van der Waals surface area contributed by atoms with E-state index < -0.39 is 11.7 Å². The molecule has 2 aromatic heterocycles. The van der Waals surface area contributed by atoms with Gasteiger partial charge in [0.05, 0.1) is 11.7 Å². The minimum Gasteiger partial charge on any atom is -0.477 e. The van der Waals surface area contributed by atoms with E-state index >= 15 is 0 Å². The number of rotatable bonds is 1. The van der Waals surface area contributed by atoms with Crippen LogP contribution in [0.3, 0.4) is 0 Å². The molecule has 0 aliphatic rings. The number of pyridine rings is 1. The van der Waals surface area contributed by atoms with Gasteiger partial charge in [0.2, 0.25) is 0 Å². The molecule has 6 nitrogen and oxygen atoms in total. The van der Waals surface area contributed by atoms with Gasteiger partial charge in [-0.25, -0.2) is 14.6 Å². The highest BCUT2D eigenvalue weighted by Gasteiger charge is 2.07. The van der Waals surface area contributed by atoms with E-state index in [-0.39, 0.29) is 5.69 Å². The molecule has 0 radical (unpaired) electrons. The van der Waals surface area contributed by atoms with Crippen LogP contribution >= 0.6 is 0 Å². The molecule has 0 fully saturated rings. The molecule has 0 bridgehead atoms. The quantitative estimate of drug-likeness (QED) is 0.709. The molecule has 2 heterocycles. The standard InChI is InChI=1S/C9H7N3O3/c1-12-7-3-2-5(8(13)14)11-6(7)4-10-9(12)15/h2-4H,1H3,(H,13,14). The summed E-state index contributed by atoms with van der Waals surface area (Å²) in [6.45, 7) is 0. The van der Waals surface area contributed by atoms with Gasteiger partial charge >= 0.3 is 11.7 Å². The van der Waals surface area contributed by atoms with Crippen LogP contribution in [0, 0.1) is 0 Å². The molecule has 2 rings (SSSR count). The molecule has 15 heavy (non-hydrogen) atoms. The molecule has 2 aromatic rings. The predicted molar refractivity (Wildman–Crippen MR) is 51.7 cm³/mol. The number of carbonyl (C=O) groups is 1. The van der Waals surface area contributed by atoms with Crippen molar-refractivity contribution in [1.29, 1.82) is 0 Å². The zero-order valence-corrected chi connectivity index (χ0v) is 7.84. The monoisotopic (exact) mass is 205 g/mol. The molecule has 0 saturated heterocycles. The Labute approximate surface area is 83.8 Å². The molecule has 0 aliphatic carbocycles. The molecule has 0 aliphatic heterocycles. The number of hydrogen-bond acceptors (Lipinski definition) is 4. The van der Waals surface area contributed by atoms with Crippen LogP contribution in [0.4, 0.5) is 0 Å². The normalized spacial score (nSPS) is 10.5. The minimum absolute atomic E-state index is 0.0667. The van der Waals surface area contributed by atoms with Crippen LogP contribution in [0.25, 0.3) is 11.0 Å². The Morgan fingerprint density at radius 1 is 1.47 bits per heavy atom. The first-order valence-electron chi connectivity index (χ1n) is 4.15. The van der Waals surface area contributed by atoms with Gasteiger partial charge < -0.3 is 5.11 Å². The van der Waals surface area contributed by atoms with Gasteiger partial charge in [0.1, 0.15) is 11.2 Å². The Kier molecular flexibility index (Phi) is 1.96. The third kappa shape index (κ3) is 1.45. The first-order valence-corrected chi connectivity index (χ1v) is 4.15. The van der Waals surface area contributed by atoms with Crippen LogP contribution in [0.1, 0.15) is 10.5 Å². The molecule has 0 aromatic carbocycles. The van der Waals surface area contributed by atoms with E-state index in [1.165, 1.54) is 22.9 Å². The van der Waals surface area contributed by atoms with Crippen LogP contribution in [0.15, 0.2) is 23.1 Å². The molecule has 0 spiro atoms. The van der Waals surface area contributed by atoms with Crippen molar-refractivity contribution < 1.29 is 9.90 Å². The van der Waals surface area contributed by atoms with E-state index in [4.69, 9.17) is 5.11 Å². The van der Waals surface area contributed by atoms with Crippen molar-refractivity contribution in [3.63, 3.8) is 0 Å². The van der Waals surface area contributed by atoms with Crippen LogP contribution in [-0.2, 0) is 7.05 Å². The summed E-state index contributed by atoms with van der Waals surface area (Å²) in [5, 5.41) is 8.72. The summed E-state index contributed by atoms with van der Waals surface area (Å²) < 4.78 is 1.31. The smallest absolute Gasteiger partial charge is 0.354 e. The van der Waals surface area contributed by atoms with Crippen molar-refractivity contribution in [3.05, 3.63) is 34.5 Å². The Bertz CT molecular complexity index is 603. The number of fused-ring (bicyclic) bond motifs is 1. The highest BCUT2D eigenvalue weighted by atomic mass is 16.4. The summed E-state index contributed by atoms with van der Waals surface area (Å²) in [5.41, 5.74) is 0.479. The van der Waals surface area contributed by atoms with Gasteiger partial charge in [-0.1, -0.05) is 0 Å². The van der Waals surface area contributed by atoms with Crippen molar-refractivity contribution >= 4 is 17.0 Å². The molecule has 0 saturated carbocycles. The minimum atomic E-state index is -1.11. The molecular formula is C9H7N3O3. The molecule has 0 unspecified atom stereocenters. The fourth-order valence-electron chi connectivity index (χ4n) is 1.27. The summed E-state index contributed by atoms with van der Waals surface area (Å²) in [7, 11) is 1.56. The average Bonchev–Trinajstić information content (AvgIpc) is 2.23. The van der Waals surface area contributed by atoms with Crippen LogP contribution in [0.5, 0.6) is 0 Å². The Morgan fingerprint density at radius 2 is 2.20 bits per heavy atom. The van der Waals surface area contributed by atoms with E-state index in [0.717, 1.165) is 0 Å². The summed E-state index contributed by atoms with van der Waals surface area (Å²) in [6, 6.07) is 2.89. The Morgan fingerprint density at radius 3 is 2.87 bits per heavy atom. The maximum atomic E-state index is 11.2. The van der Waals surface area contributed by atoms with Crippen molar-refractivity contribution in [2.75, 3.05) is 0 Å². The number of nitrogens with zero attached hydrogens (tertiary/aromatic N) is 3. The lowest BCUT2D eigenvalue weighted by atomic mass is 10.3.